The van der Waals surface area contributed by atoms with Gasteiger partial charge in [-0.1, -0.05) is 5.22 Å². The molecule has 1 atom stereocenters. The van der Waals surface area contributed by atoms with Gasteiger partial charge in [0.15, 0.2) is 0 Å². The van der Waals surface area contributed by atoms with Crippen molar-refractivity contribution < 1.29 is 4.79 Å². The number of amides is 1. The number of nitrogen functional groups attached to an aromatic ring is 1. The van der Waals surface area contributed by atoms with E-state index in [4.69, 9.17) is 17.1 Å². The number of hydrazine groups is 1. The third-order valence-electron chi connectivity index (χ3n) is 2.00. The van der Waals surface area contributed by atoms with Crippen molar-refractivity contribution in [2.45, 2.75) is 19.6 Å². The number of hydrogen-bond donors (Lipinski definition) is 4. The molecule has 0 aromatic carbocycles. The molecule has 0 aliphatic rings. The summed E-state index contributed by atoms with van der Waals surface area (Å²) in [5, 5.41) is 4.54. The number of nitrogens with one attached hydrogen (secondary N) is 2. The molecule has 1 aromatic heterocycles. The van der Waals surface area contributed by atoms with Crippen LogP contribution in [0.5, 0.6) is 0 Å². The first-order valence-electron chi connectivity index (χ1n) is 4.80. The summed E-state index contributed by atoms with van der Waals surface area (Å²) in [6, 6.07) is 0. The van der Waals surface area contributed by atoms with Crippen molar-refractivity contribution >= 4 is 5.91 Å². The fourth-order valence-corrected chi connectivity index (χ4v) is 1.05. The van der Waals surface area contributed by atoms with Crippen molar-refractivity contribution in [3.05, 3.63) is 23.8 Å². The summed E-state index contributed by atoms with van der Waals surface area (Å²) in [4.78, 5) is 19.0. The maximum atomic E-state index is 11.1. The largest absolute Gasteiger partial charge is 0.310 e. The molecule has 6 N–H and O–H groups in total. The number of nitrogens with two attached hydrogens (primary N) is 2. The van der Waals surface area contributed by atoms with Crippen LogP contribution in [-0.4, -0.2) is 27.0 Å². The molecule has 17 heavy (non-hydrogen) atoms. The summed E-state index contributed by atoms with van der Waals surface area (Å²) in [6.07, 6.45) is 2.27. The molecule has 1 heterocycles. The highest BCUT2D eigenvalue weighted by Gasteiger charge is 2.10. The van der Waals surface area contributed by atoms with E-state index in [0.29, 0.717) is 5.82 Å². The van der Waals surface area contributed by atoms with Crippen LogP contribution < -0.4 is 17.0 Å². The van der Waals surface area contributed by atoms with E-state index < -0.39 is 12.1 Å². The van der Waals surface area contributed by atoms with Gasteiger partial charge in [0.2, 0.25) is 0 Å². The lowest BCUT2D eigenvalue weighted by molar-refractivity contribution is 0.0952. The van der Waals surface area contributed by atoms with Crippen molar-refractivity contribution in [3.63, 3.8) is 0 Å². The van der Waals surface area contributed by atoms with Gasteiger partial charge in [0, 0.05) is 12.4 Å². The fraction of sp³-hybridized carbons (Fsp3) is 0.375. The van der Waals surface area contributed by atoms with Gasteiger partial charge in [-0.25, -0.2) is 15.8 Å². The van der Waals surface area contributed by atoms with Crippen molar-refractivity contribution in [1.29, 1.82) is 5.53 Å². The normalized spacial score (nSPS) is 11.7. The van der Waals surface area contributed by atoms with E-state index in [0.717, 1.165) is 0 Å². The Morgan fingerprint density at radius 3 is 2.65 bits per heavy atom. The highest BCUT2D eigenvalue weighted by molar-refractivity contribution is 5.93. The minimum absolute atomic E-state index is 0.200. The van der Waals surface area contributed by atoms with Crippen LogP contribution in [-0.2, 0) is 6.54 Å². The van der Waals surface area contributed by atoms with Crippen LogP contribution >= 0.6 is 0 Å². The average Bonchev–Trinajstić information content (AvgIpc) is 2.35. The van der Waals surface area contributed by atoms with Gasteiger partial charge >= 0.3 is 0 Å². The minimum Gasteiger partial charge on any atom is -0.310 e. The Bertz CT molecular complexity index is 389. The third-order valence-corrected chi connectivity index (χ3v) is 2.00. The fourth-order valence-electron chi connectivity index (χ4n) is 1.05. The summed E-state index contributed by atoms with van der Waals surface area (Å²) in [6.45, 7) is 1.89. The molecule has 9 nitrogen and oxygen atoms in total. The zero-order chi connectivity index (χ0) is 12.8. The van der Waals surface area contributed by atoms with Crippen molar-refractivity contribution in [2.75, 3.05) is 0 Å². The molecule has 0 fully saturated rings. The molecule has 0 saturated carbocycles. The lowest BCUT2D eigenvalue weighted by atomic mass is 10.3. The molecule has 9 heteroatoms. The van der Waals surface area contributed by atoms with Gasteiger partial charge in [0.05, 0.1) is 18.3 Å². The quantitative estimate of drug-likeness (QED) is 0.172. The second-order valence-corrected chi connectivity index (χ2v) is 3.30. The Morgan fingerprint density at radius 2 is 2.24 bits per heavy atom. The van der Waals surface area contributed by atoms with Crippen LogP contribution in [0.15, 0.2) is 17.6 Å². The number of hydrogen-bond acceptors (Lipinski definition) is 7. The Hall–Kier alpha value is -2.13. The van der Waals surface area contributed by atoms with Crippen molar-refractivity contribution in [2.24, 2.45) is 16.8 Å². The first-order valence-corrected chi connectivity index (χ1v) is 4.80. The van der Waals surface area contributed by atoms with Gasteiger partial charge in [0.1, 0.15) is 5.82 Å². The Balaban J connectivity index is 2.74. The average molecular weight is 238 g/mol. The van der Waals surface area contributed by atoms with Crippen LogP contribution in [0.3, 0.4) is 0 Å². The molecule has 0 aliphatic carbocycles. The van der Waals surface area contributed by atoms with E-state index >= 15 is 0 Å². The Labute approximate surface area is 97.7 Å². The zero-order valence-electron chi connectivity index (χ0n) is 9.29. The smallest absolute Gasteiger partial charge is 0.268 e. The summed E-state index contributed by atoms with van der Waals surface area (Å²) in [5.41, 5.74) is 14.7. The molecular formula is C8H14N8O. The predicted molar refractivity (Wildman–Crippen MR) is 58.0 cm³/mol. The Kier molecular flexibility index (Phi) is 4.43. The number of aromatic nitrogens is 2. The topological polar surface area (TPSA) is 146 Å². The van der Waals surface area contributed by atoms with Crippen LogP contribution in [0.1, 0.15) is 23.1 Å². The lowest BCUT2D eigenvalue weighted by Gasteiger charge is -2.19. The molecule has 1 amide bonds. The number of carbonyl (C=O) groups excluding carboxylic acids is 1. The highest BCUT2D eigenvalue weighted by atomic mass is 16.2. The van der Waals surface area contributed by atoms with Crippen LogP contribution in [0.25, 0.3) is 0 Å². The molecule has 1 aromatic rings. The molecule has 0 aliphatic heterocycles. The Morgan fingerprint density at radius 1 is 1.65 bits per heavy atom. The van der Waals surface area contributed by atoms with Gasteiger partial charge in [-0.3, -0.25) is 15.2 Å². The predicted octanol–water partition coefficient (Wildman–Crippen LogP) is -0.867. The van der Waals surface area contributed by atoms with E-state index in [2.05, 4.69) is 15.2 Å². The molecule has 92 valence electrons. The number of nitrogens with zero attached hydrogens (tertiary/aromatic N) is 4. The monoisotopic (exact) mass is 238 g/mol. The summed E-state index contributed by atoms with van der Waals surface area (Å²) in [5.74, 6) is 4.91. The van der Waals surface area contributed by atoms with Gasteiger partial charge in [-0.15, -0.1) is 0 Å². The third kappa shape index (κ3) is 3.43. The first kappa shape index (κ1) is 12.9. The van der Waals surface area contributed by atoms with E-state index in [1.54, 1.807) is 6.92 Å². The van der Waals surface area contributed by atoms with Gasteiger partial charge in [-0.05, 0) is 6.92 Å². The van der Waals surface area contributed by atoms with E-state index in [-0.39, 0.29) is 12.1 Å². The molecule has 0 saturated heterocycles. The second kappa shape index (κ2) is 5.82. The van der Waals surface area contributed by atoms with Gasteiger partial charge in [-0.2, -0.15) is 5.53 Å². The molecule has 1 unspecified atom stereocenters. The molecule has 0 spiro atoms. The van der Waals surface area contributed by atoms with E-state index in [1.165, 1.54) is 17.4 Å². The lowest BCUT2D eigenvalue weighted by Crippen LogP contribution is -2.35. The number of carbonyl (C=O) groups is 1. The maximum absolute atomic E-state index is 11.1. The summed E-state index contributed by atoms with van der Waals surface area (Å²) in [7, 11) is 0. The SMILES string of the molecule is CC(N)N(Cc1ncc(C(=O)NN)cn1)N=N. The second-order valence-electron chi connectivity index (χ2n) is 3.30. The standard InChI is InChI=1S/C8H14N8O/c1-5(9)16(15-11)4-7-12-2-6(3-13-7)8(17)14-10/h2-3,5,11H,4,9-10H2,1H3,(H,14,17). The maximum Gasteiger partial charge on any atom is 0.268 e. The molecule has 0 radical (unpaired) electrons. The highest BCUT2D eigenvalue weighted by Crippen LogP contribution is 2.02. The van der Waals surface area contributed by atoms with Crippen molar-refractivity contribution in [1.82, 2.24) is 20.4 Å². The van der Waals surface area contributed by atoms with E-state index in [1.807, 2.05) is 5.43 Å². The first-order chi connectivity index (χ1) is 8.08. The minimum atomic E-state index is -0.467. The molecule has 0 bridgehead atoms. The zero-order valence-corrected chi connectivity index (χ0v) is 9.29. The molecule has 1 rings (SSSR count). The summed E-state index contributed by atoms with van der Waals surface area (Å²) >= 11 is 0. The van der Waals surface area contributed by atoms with Crippen LogP contribution in [0.2, 0.25) is 0 Å². The molecular weight excluding hydrogens is 224 g/mol. The van der Waals surface area contributed by atoms with E-state index in [9.17, 15) is 4.79 Å². The van der Waals surface area contributed by atoms with Gasteiger partial charge in [0.25, 0.3) is 5.91 Å². The van der Waals surface area contributed by atoms with Crippen molar-refractivity contribution in [3.8, 4) is 0 Å². The van der Waals surface area contributed by atoms with Gasteiger partial charge < -0.3 is 5.73 Å². The number of rotatable bonds is 5. The van der Waals surface area contributed by atoms with Crippen LogP contribution in [0.4, 0.5) is 0 Å². The van der Waals surface area contributed by atoms with Crippen LogP contribution in [0, 0.1) is 5.53 Å². The summed E-state index contributed by atoms with van der Waals surface area (Å²) < 4.78 is 0.